The van der Waals surface area contributed by atoms with Crippen LogP contribution in [0.3, 0.4) is 0 Å². The first-order valence-corrected chi connectivity index (χ1v) is 14.9. The summed E-state index contributed by atoms with van der Waals surface area (Å²) < 4.78 is 1.97. The molecule has 0 aliphatic heterocycles. The Bertz CT molecular complexity index is 227. The molecule has 11 heteroatoms. The number of halogens is 11. The van der Waals surface area contributed by atoms with Crippen molar-refractivity contribution in [2.24, 2.45) is 0 Å². The smallest absolute Gasteiger partial charge is 0.0723 e. The van der Waals surface area contributed by atoms with E-state index in [2.05, 4.69) is 248 Å². The fourth-order valence-corrected chi connectivity index (χ4v) is 16.4. The van der Waals surface area contributed by atoms with E-state index in [0.29, 0.717) is 0 Å². The molecular weight excluding hydrogens is 1460 g/mol. The average Bonchev–Trinajstić information content (AvgIpc) is 1.95. The summed E-state index contributed by atoms with van der Waals surface area (Å²) in [6.07, 6.45) is 0. The summed E-state index contributed by atoms with van der Waals surface area (Å²) in [5.41, 5.74) is 0. The fourth-order valence-electron chi connectivity index (χ4n) is 0.605. The molecule has 0 aromatic heterocycles. The quantitative estimate of drug-likeness (QED) is 0.195. The predicted octanol–water partition coefficient (Wildman–Crippen LogP) is 9.00. The highest BCUT2D eigenvalue weighted by Crippen LogP contribution is 2.72. The van der Waals surface area contributed by atoms with Crippen LogP contribution in [0.2, 0.25) is 0 Å². The van der Waals surface area contributed by atoms with E-state index in [0.717, 1.165) is 0 Å². The molecule has 0 aromatic rings. The summed E-state index contributed by atoms with van der Waals surface area (Å²) in [5, 5.41) is 0. The summed E-state index contributed by atoms with van der Waals surface area (Å²) >= 11 is 28.0. The molecule has 0 aliphatic carbocycles. The van der Waals surface area contributed by atoms with Gasteiger partial charge in [-0.1, -0.05) is 248 Å². The first-order valence-electron chi connectivity index (χ1n) is 3.08. The molecule has 0 fully saturated rings. The minimum atomic E-state index is 0.0885. The van der Waals surface area contributed by atoms with Crippen LogP contribution in [0.4, 0.5) is 0 Å². The van der Waals surface area contributed by atoms with Crippen molar-refractivity contribution in [3.8, 4) is 0 Å². The summed E-state index contributed by atoms with van der Waals surface area (Å²) in [6, 6.07) is 0. The van der Waals surface area contributed by atoms with E-state index in [1.807, 2.05) is 0 Å². The van der Waals surface area contributed by atoms with E-state index in [1.165, 1.54) is 3.92 Å². The molecule has 0 spiro atoms. The largest absolute Gasteiger partial charge is 0.143 e. The van der Waals surface area contributed by atoms with Gasteiger partial charge in [0.2, 0.25) is 0 Å². The lowest BCUT2D eigenvalue weighted by Crippen LogP contribution is -2.52. The molecule has 0 aliphatic rings. The van der Waals surface area contributed by atoms with Crippen molar-refractivity contribution in [1.29, 1.82) is 0 Å². The van der Waals surface area contributed by atoms with E-state index < -0.39 is 0 Å². The van der Waals surface area contributed by atoms with Gasteiger partial charge in [0.1, 0.15) is 1.73 Å². The summed E-state index contributed by atoms with van der Waals surface area (Å²) in [7, 11) is 0. The second-order valence-corrected chi connectivity index (χ2v) is 38.3. The molecule has 0 rings (SSSR count). The zero-order valence-corrected chi connectivity index (χ0v) is 30.4. The van der Waals surface area contributed by atoms with Gasteiger partial charge in [0, 0.05) is 0 Å². The van der Waals surface area contributed by atoms with Gasteiger partial charge in [0.15, 0.2) is 0 Å². The van der Waals surface area contributed by atoms with Crippen LogP contribution < -0.4 is 0 Å². The molecule has 0 unspecified atom stereocenters. The highest BCUT2D eigenvalue weighted by Gasteiger charge is 2.64. The Morgan fingerprint density at radius 2 is 0.812 bits per heavy atom. The van der Waals surface area contributed by atoms with Crippen LogP contribution in [0.5, 0.6) is 0 Å². The molecule has 16 heavy (non-hydrogen) atoms. The standard InChI is InChI=1S/C5I11/c6-1(3(8,9)10)2(7,4(11,12)13)5(14,15)16. The molecule has 1 radical (unpaired) electrons. The van der Waals surface area contributed by atoms with E-state index in [-0.39, 0.29) is 1.73 Å². The lowest BCUT2D eigenvalue weighted by molar-refractivity contribution is 0.856. The number of hydrogen-bond acceptors (Lipinski definition) is 0. The Labute approximate surface area is 246 Å². The van der Waals surface area contributed by atoms with Crippen LogP contribution in [0.25, 0.3) is 0 Å². The van der Waals surface area contributed by atoms with Crippen LogP contribution in [-0.4, -0.2) is 1.73 Å². The molecule has 0 heterocycles. The van der Waals surface area contributed by atoms with E-state index in [9.17, 15) is 0 Å². The first kappa shape index (κ1) is 24.0. The minimum Gasteiger partial charge on any atom is -0.0723 e. The Hall–Kier alpha value is 8.03. The summed E-state index contributed by atoms with van der Waals surface area (Å²) in [4.78, 5) is 0. The Morgan fingerprint density at radius 3 is 0.875 bits per heavy atom. The van der Waals surface area contributed by atoms with Crippen molar-refractivity contribution in [2.75, 3.05) is 0 Å². The SMILES string of the molecule is I[C](C(I)(I)I)C(I)(C(I)(I)I)C(I)(I)I. The van der Waals surface area contributed by atoms with Crippen LogP contribution >= 0.6 is 248 Å². The van der Waals surface area contributed by atoms with Crippen LogP contribution in [0.1, 0.15) is 0 Å². The summed E-state index contributed by atoms with van der Waals surface area (Å²) in [6.45, 7) is 0. The number of alkyl halides is 10. The molecule has 0 saturated heterocycles. The molecule has 0 atom stereocenters. The Morgan fingerprint density at radius 1 is 0.562 bits per heavy atom. The van der Waals surface area contributed by atoms with Crippen molar-refractivity contribution < 1.29 is 0 Å². The van der Waals surface area contributed by atoms with Gasteiger partial charge in [-0.2, -0.15) is 0 Å². The fraction of sp³-hybridized carbons (Fsp3) is 0.800. The highest BCUT2D eigenvalue weighted by atomic mass is 127. The van der Waals surface area contributed by atoms with Gasteiger partial charge in [0.25, 0.3) is 0 Å². The molecule has 0 nitrogen and oxygen atoms in total. The monoisotopic (exact) mass is 1460 g/mol. The third-order valence-electron chi connectivity index (χ3n) is 1.33. The molecule has 0 bridgehead atoms. The van der Waals surface area contributed by atoms with E-state index in [4.69, 9.17) is 0 Å². The Balaban J connectivity index is 5.63. The third-order valence-corrected chi connectivity index (χ3v) is 21.9. The van der Waals surface area contributed by atoms with Crippen molar-refractivity contribution in [3.63, 3.8) is 0 Å². The van der Waals surface area contributed by atoms with Gasteiger partial charge in [-0.25, -0.2) is 0 Å². The first-order chi connectivity index (χ1) is 6.65. The van der Waals surface area contributed by atoms with Gasteiger partial charge >= 0.3 is 0 Å². The van der Waals surface area contributed by atoms with Crippen molar-refractivity contribution in [3.05, 3.63) is 3.92 Å². The van der Waals surface area contributed by atoms with Gasteiger partial charge in [-0.3, -0.25) is 0 Å². The minimum absolute atomic E-state index is 0.0885. The Kier molecular flexibility index (Phi) is 13.7. The van der Waals surface area contributed by atoms with Gasteiger partial charge in [0.05, 0.1) is 3.92 Å². The normalized spacial score (nSPS) is 15.8. The van der Waals surface area contributed by atoms with E-state index in [1.54, 1.807) is 0 Å². The van der Waals surface area contributed by atoms with Gasteiger partial charge in [-0.05, 0) is 0 Å². The van der Waals surface area contributed by atoms with Gasteiger partial charge < -0.3 is 0 Å². The average molecular weight is 1460 g/mol. The second kappa shape index (κ2) is 9.11. The van der Waals surface area contributed by atoms with Crippen molar-refractivity contribution >= 4 is 248 Å². The van der Waals surface area contributed by atoms with Crippen molar-refractivity contribution in [1.82, 2.24) is 0 Å². The molecule has 0 saturated carbocycles. The maximum atomic E-state index is 2.64. The van der Waals surface area contributed by atoms with Crippen LogP contribution in [0, 0.1) is 3.92 Å². The topological polar surface area (TPSA) is 0 Å². The lowest BCUT2D eigenvalue weighted by atomic mass is 10.2. The molecule has 0 aromatic carbocycles. The van der Waals surface area contributed by atoms with Crippen LogP contribution in [0.15, 0.2) is 0 Å². The van der Waals surface area contributed by atoms with Crippen LogP contribution in [-0.2, 0) is 0 Å². The lowest BCUT2D eigenvalue weighted by Gasteiger charge is -2.47. The molecule has 0 N–H and O–H groups in total. The number of hydrogen-bond donors (Lipinski definition) is 0. The maximum absolute atomic E-state index is 2.64. The molecule has 97 valence electrons. The summed E-state index contributed by atoms with van der Waals surface area (Å²) in [5.74, 6) is 0. The zero-order valence-electron chi connectivity index (χ0n) is 6.66. The maximum Gasteiger partial charge on any atom is 0.143 e. The molecular formula is C5I11. The van der Waals surface area contributed by atoms with Crippen molar-refractivity contribution in [2.45, 2.75) is 1.73 Å². The number of rotatable bonds is 4. The highest BCUT2D eigenvalue weighted by molar-refractivity contribution is 14.3. The third kappa shape index (κ3) is 6.74. The zero-order chi connectivity index (χ0) is 13.6. The van der Waals surface area contributed by atoms with Gasteiger partial charge in [-0.15, -0.1) is 0 Å². The van der Waals surface area contributed by atoms with E-state index >= 15 is 0 Å². The second-order valence-electron chi connectivity index (χ2n) is 2.47. The molecule has 0 amide bonds. The predicted molar refractivity (Wildman–Crippen MR) is 168 cm³/mol.